The molecule has 18 nitrogen and oxygen atoms in total. The van der Waals surface area contributed by atoms with Gasteiger partial charge in [-0.15, -0.1) is 0 Å². The van der Waals surface area contributed by atoms with Crippen LogP contribution in [0.4, 0.5) is 5.69 Å². The number of primary amides is 2. The number of carboxylic acid groups (broad SMARTS) is 1. The van der Waals surface area contributed by atoms with Crippen LogP contribution in [0.5, 0.6) is 0 Å². The Bertz CT molecular complexity index is 1770. The van der Waals surface area contributed by atoms with E-state index in [9.17, 15) is 47.1 Å². The molecule has 0 heterocycles. The molecule has 0 fully saturated rings. The van der Waals surface area contributed by atoms with Crippen LogP contribution in [0.15, 0.2) is 41.3 Å². The van der Waals surface area contributed by atoms with Crippen molar-refractivity contribution >= 4 is 80.5 Å². The maximum Gasteiger partial charge on any atom is 0.326 e. The summed E-state index contributed by atoms with van der Waals surface area (Å²) in [5.74, 6) is -7.64. The second-order valence-electron chi connectivity index (χ2n) is 12.5. The molecule has 2 aromatic rings. The van der Waals surface area contributed by atoms with Crippen LogP contribution in [-0.2, 0) is 43.6 Å². The van der Waals surface area contributed by atoms with Crippen LogP contribution >= 0.6 is 12.6 Å². The van der Waals surface area contributed by atoms with Gasteiger partial charge < -0.3 is 42.7 Å². The molecule has 0 spiro atoms. The van der Waals surface area contributed by atoms with Crippen LogP contribution in [0, 0.1) is 5.92 Å². The van der Waals surface area contributed by atoms with Crippen molar-refractivity contribution in [2.75, 3.05) is 31.3 Å². The largest absolute Gasteiger partial charge is 0.480 e. The molecule has 2 rings (SSSR count). The third kappa shape index (κ3) is 13.0. The predicted molar refractivity (Wildman–Crippen MR) is 194 cm³/mol. The molecule has 0 saturated carbocycles. The summed E-state index contributed by atoms with van der Waals surface area (Å²) in [6, 6.07) is 3.90. The van der Waals surface area contributed by atoms with Crippen LogP contribution in [0.25, 0.3) is 10.8 Å². The summed E-state index contributed by atoms with van der Waals surface area (Å²) in [5, 5.41) is 19.8. The first-order valence-electron chi connectivity index (χ1n) is 16.1. The minimum absolute atomic E-state index is 0.0364. The van der Waals surface area contributed by atoms with Gasteiger partial charge in [0.15, 0.2) is 0 Å². The maximum atomic E-state index is 13.3. The average molecular weight is 767 g/mol. The minimum Gasteiger partial charge on any atom is -0.480 e. The van der Waals surface area contributed by atoms with Gasteiger partial charge in [0, 0.05) is 42.7 Å². The molecule has 286 valence electrons. The molecule has 52 heavy (non-hydrogen) atoms. The van der Waals surface area contributed by atoms with E-state index in [1.54, 1.807) is 38.1 Å². The second kappa shape index (κ2) is 19.6. The number of benzene rings is 2. The van der Waals surface area contributed by atoms with Crippen molar-refractivity contribution in [1.29, 1.82) is 0 Å². The molecule has 0 aromatic heterocycles. The molecule has 0 bridgehead atoms. The summed E-state index contributed by atoms with van der Waals surface area (Å²) >= 11 is 4.08. The van der Waals surface area contributed by atoms with Crippen molar-refractivity contribution in [3.8, 4) is 0 Å². The van der Waals surface area contributed by atoms with Gasteiger partial charge in [-0.3, -0.25) is 28.8 Å². The average Bonchev–Trinajstić information content (AvgIpc) is 3.05. The lowest BCUT2D eigenvalue weighted by Crippen LogP contribution is -2.59. The van der Waals surface area contributed by atoms with Crippen molar-refractivity contribution in [2.24, 2.45) is 17.4 Å². The first-order chi connectivity index (χ1) is 24.3. The molecule has 4 atom stereocenters. The number of thiol groups is 1. The number of anilines is 1. The number of hydrogen-bond donors (Lipinski definition) is 9. The van der Waals surface area contributed by atoms with Crippen LogP contribution in [0.3, 0.4) is 0 Å². The Morgan fingerprint density at radius 2 is 1.35 bits per heavy atom. The molecule has 0 radical (unpaired) electrons. The van der Waals surface area contributed by atoms with Gasteiger partial charge in [-0.1, -0.05) is 38.1 Å². The Morgan fingerprint density at radius 3 is 1.90 bits per heavy atom. The summed E-state index contributed by atoms with van der Waals surface area (Å²) in [4.78, 5) is 89.0. The number of sulfonamides is 1. The maximum absolute atomic E-state index is 13.3. The third-order valence-electron chi connectivity index (χ3n) is 7.56. The van der Waals surface area contributed by atoms with Crippen molar-refractivity contribution in [3.63, 3.8) is 0 Å². The zero-order valence-corrected chi connectivity index (χ0v) is 30.9. The lowest BCUT2D eigenvalue weighted by atomic mass is 10.0. The van der Waals surface area contributed by atoms with E-state index in [2.05, 4.69) is 38.6 Å². The van der Waals surface area contributed by atoms with E-state index >= 15 is 0 Å². The topological polar surface area (TPSA) is 289 Å². The Hall–Kier alpha value is -4.95. The molecule has 2 aromatic carbocycles. The quantitative estimate of drug-likeness (QED) is 0.0647. The fraction of sp³-hybridized carbons (Fsp3) is 0.469. The summed E-state index contributed by atoms with van der Waals surface area (Å²) in [6.45, 7) is 2.68. The number of fused-ring (bicyclic) bond motifs is 1. The normalized spacial score (nSPS) is 13.7. The molecular formula is C32H46N8O10S2. The third-order valence-corrected chi connectivity index (χ3v) is 9.38. The molecule has 0 aliphatic heterocycles. The monoisotopic (exact) mass is 766 g/mol. The van der Waals surface area contributed by atoms with Crippen LogP contribution in [-0.4, -0.2) is 105 Å². The van der Waals surface area contributed by atoms with Gasteiger partial charge in [-0.05, 0) is 30.9 Å². The van der Waals surface area contributed by atoms with Crippen LogP contribution in [0.2, 0.25) is 0 Å². The van der Waals surface area contributed by atoms with E-state index in [4.69, 9.17) is 11.5 Å². The number of amides is 6. The number of aliphatic carboxylic acids is 1. The van der Waals surface area contributed by atoms with E-state index in [1.807, 2.05) is 25.1 Å². The van der Waals surface area contributed by atoms with Gasteiger partial charge in [0.2, 0.25) is 45.5 Å². The Morgan fingerprint density at radius 1 is 0.788 bits per heavy atom. The molecule has 0 aliphatic carbocycles. The highest BCUT2D eigenvalue weighted by molar-refractivity contribution is 7.89. The number of carbonyl (C=O) groups is 7. The molecule has 20 heteroatoms. The number of nitrogens with one attached hydrogen (secondary N) is 5. The fourth-order valence-corrected chi connectivity index (χ4v) is 6.50. The van der Waals surface area contributed by atoms with Gasteiger partial charge in [0.05, 0.1) is 17.9 Å². The van der Waals surface area contributed by atoms with Crippen LogP contribution in [0.1, 0.15) is 39.5 Å². The van der Waals surface area contributed by atoms with Gasteiger partial charge in [-0.25, -0.2) is 17.9 Å². The second-order valence-corrected chi connectivity index (χ2v) is 14.6. The molecule has 6 amide bonds. The van der Waals surface area contributed by atoms with E-state index in [0.717, 1.165) is 5.69 Å². The zero-order chi connectivity index (χ0) is 39.3. The zero-order valence-electron chi connectivity index (χ0n) is 29.2. The predicted octanol–water partition coefficient (Wildman–Crippen LogP) is -1.68. The highest BCUT2D eigenvalue weighted by Crippen LogP contribution is 2.30. The summed E-state index contributed by atoms with van der Waals surface area (Å²) in [5.41, 5.74) is 11.3. The lowest BCUT2D eigenvalue weighted by molar-refractivity contribution is -0.143. The number of nitrogens with zero attached hydrogens (tertiary/aromatic N) is 1. The van der Waals surface area contributed by atoms with E-state index in [0.29, 0.717) is 10.8 Å². The van der Waals surface area contributed by atoms with Crippen LogP contribution < -0.4 is 42.4 Å². The molecule has 0 aliphatic rings. The summed E-state index contributed by atoms with van der Waals surface area (Å²) in [7, 11) is -0.600. The summed E-state index contributed by atoms with van der Waals surface area (Å²) < 4.78 is 28.7. The Kier molecular flexibility index (Phi) is 16.3. The van der Waals surface area contributed by atoms with E-state index in [-0.39, 0.29) is 29.4 Å². The highest BCUT2D eigenvalue weighted by atomic mass is 32.2. The molecule has 0 unspecified atom stereocenters. The number of nitrogens with two attached hydrogens (primary N) is 2. The Labute approximate surface area is 306 Å². The SMILES string of the molecule is CC(C)C[C@H](NC(=O)[C@H](CC(N)=O)NC(=O)[C@H](CCC(N)=O)NC(=O)[C@H](CS)NC(=O)CNS(=O)(=O)c1cccc2c(N(C)C)cccc12)C(=O)O. The number of carbonyl (C=O) groups excluding carboxylic acids is 6. The smallest absolute Gasteiger partial charge is 0.326 e. The first kappa shape index (κ1) is 43.2. The number of hydrogen-bond acceptors (Lipinski definition) is 11. The number of carboxylic acids is 1. The van der Waals surface area contributed by atoms with Gasteiger partial charge in [0.25, 0.3) is 0 Å². The van der Waals surface area contributed by atoms with Gasteiger partial charge in [-0.2, -0.15) is 12.6 Å². The van der Waals surface area contributed by atoms with Crippen molar-refractivity contribution < 1.29 is 47.1 Å². The van der Waals surface area contributed by atoms with Gasteiger partial charge in [0.1, 0.15) is 24.2 Å². The van der Waals surface area contributed by atoms with Crippen molar-refractivity contribution in [1.82, 2.24) is 26.0 Å². The number of rotatable bonds is 21. The summed E-state index contributed by atoms with van der Waals surface area (Å²) in [6.07, 6.45) is -1.49. The molecular weight excluding hydrogens is 721 g/mol. The van der Waals surface area contributed by atoms with E-state index < -0.39 is 95.0 Å². The van der Waals surface area contributed by atoms with Crippen molar-refractivity contribution in [2.45, 2.75) is 68.6 Å². The lowest BCUT2D eigenvalue weighted by Gasteiger charge is -2.25. The van der Waals surface area contributed by atoms with Crippen molar-refractivity contribution in [3.05, 3.63) is 36.4 Å². The Balaban J connectivity index is 2.18. The molecule has 10 N–H and O–H groups in total. The van der Waals surface area contributed by atoms with E-state index in [1.165, 1.54) is 6.07 Å². The standard InChI is InChI=1S/C32H46N8O10S2/c1-17(2)13-22(32(47)48)39-30(45)21(14-27(34)42)38-29(44)20(11-12-26(33)41)37-31(46)23(16-51)36-28(43)15-35-52(49,50)25-10-6-7-18-19(25)8-5-9-24(18)40(3)4/h5-10,17,20-23,35,51H,11-16H2,1-4H3,(H2,33,41)(H2,34,42)(H,36,43)(H,37,46)(H,38,44)(H,39,45)(H,47,48)/t20-,21-,22-,23-/m0/s1. The van der Waals surface area contributed by atoms with Gasteiger partial charge >= 0.3 is 5.97 Å². The molecule has 0 saturated heterocycles. The minimum atomic E-state index is -4.22. The fourth-order valence-electron chi connectivity index (χ4n) is 5.04. The highest BCUT2D eigenvalue weighted by Gasteiger charge is 2.32. The first-order valence-corrected chi connectivity index (χ1v) is 18.2.